The number of anilines is 2. The van der Waals surface area contributed by atoms with Crippen LogP contribution in [0.4, 0.5) is 11.4 Å². The lowest BCUT2D eigenvalue weighted by Gasteiger charge is -2.13. The molecule has 0 spiro atoms. The number of hydrogen-bond donors (Lipinski definition) is 2. The van der Waals surface area contributed by atoms with E-state index in [0.29, 0.717) is 16.6 Å². The largest absolute Gasteiger partial charge is 0.326 e. The van der Waals surface area contributed by atoms with E-state index in [-0.39, 0.29) is 30.6 Å². The summed E-state index contributed by atoms with van der Waals surface area (Å²) in [5, 5.41) is 6.33. The molecule has 2 aromatic carbocycles. The third-order valence-corrected chi connectivity index (χ3v) is 4.79. The highest BCUT2D eigenvalue weighted by Gasteiger charge is 2.14. The number of amides is 2. The van der Waals surface area contributed by atoms with Crippen molar-refractivity contribution in [3.63, 3.8) is 0 Å². The van der Waals surface area contributed by atoms with Gasteiger partial charge in [-0.25, -0.2) is 0 Å². The fourth-order valence-corrected chi connectivity index (χ4v) is 2.93. The van der Waals surface area contributed by atoms with E-state index in [1.165, 1.54) is 5.56 Å². The number of aryl methyl sites for hydroxylation is 1. The molecule has 5 heteroatoms. The topological polar surface area (TPSA) is 58.2 Å². The lowest BCUT2D eigenvalue weighted by molar-refractivity contribution is -0.118. The van der Waals surface area contributed by atoms with Gasteiger partial charge in [-0.3, -0.25) is 9.59 Å². The van der Waals surface area contributed by atoms with Crippen LogP contribution in [0.15, 0.2) is 42.5 Å². The molecule has 0 aliphatic rings. The van der Waals surface area contributed by atoms with Gasteiger partial charge in [0.05, 0.1) is 0 Å². The molecule has 0 saturated heterocycles. The second-order valence-corrected chi connectivity index (χ2v) is 7.76. The maximum Gasteiger partial charge on any atom is 0.224 e. The van der Waals surface area contributed by atoms with E-state index in [4.69, 9.17) is 11.6 Å². The molecule has 2 amide bonds. The molecule has 0 aliphatic heterocycles. The van der Waals surface area contributed by atoms with Crippen molar-refractivity contribution in [2.75, 3.05) is 10.6 Å². The normalized spacial score (nSPS) is 11.9. The van der Waals surface area contributed by atoms with Crippen LogP contribution in [0.1, 0.15) is 50.7 Å². The minimum Gasteiger partial charge on any atom is -0.326 e. The predicted octanol–water partition coefficient (Wildman–Crippen LogP) is 5.77. The Bertz CT molecular complexity index is 800. The van der Waals surface area contributed by atoms with Gasteiger partial charge in [0.25, 0.3) is 0 Å². The average Bonchev–Trinajstić information content (AvgIpc) is 2.58. The number of carbonyl (C=O) groups excluding carboxylic acids is 2. The minimum atomic E-state index is -0.128. The van der Waals surface area contributed by atoms with Crippen molar-refractivity contribution < 1.29 is 9.59 Å². The molecule has 0 saturated carbocycles. The first-order valence-corrected chi connectivity index (χ1v) is 9.58. The number of rotatable bonds is 7. The zero-order chi connectivity index (χ0) is 20.0. The Kier molecular flexibility index (Phi) is 7.43. The van der Waals surface area contributed by atoms with Crippen molar-refractivity contribution >= 4 is 34.8 Å². The number of hydrogen-bond acceptors (Lipinski definition) is 2. The Morgan fingerprint density at radius 2 is 1.41 bits per heavy atom. The van der Waals surface area contributed by atoms with Gasteiger partial charge in [0, 0.05) is 29.2 Å². The van der Waals surface area contributed by atoms with Gasteiger partial charge < -0.3 is 10.6 Å². The van der Waals surface area contributed by atoms with E-state index in [0.717, 1.165) is 11.3 Å². The Morgan fingerprint density at radius 1 is 0.889 bits per heavy atom. The Labute approximate surface area is 166 Å². The molecule has 2 N–H and O–H groups in total. The van der Waals surface area contributed by atoms with Crippen LogP contribution in [0.25, 0.3) is 0 Å². The Morgan fingerprint density at radius 3 is 1.93 bits per heavy atom. The summed E-state index contributed by atoms with van der Waals surface area (Å²) >= 11 is 6.07. The van der Waals surface area contributed by atoms with Crippen molar-refractivity contribution in [1.29, 1.82) is 0 Å². The lowest BCUT2D eigenvalue weighted by Crippen LogP contribution is -2.20. The average molecular weight is 387 g/mol. The molecule has 2 rings (SSSR count). The van der Waals surface area contributed by atoms with Crippen LogP contribution in [0.2, 0.25) is 5.02 Å². The van der Waals surface area contributed by atoms with E-state index >= 15 is 0 Å². The van der Waals surface area contributed by atoms with Crippen LogP contribution in [0, 0.1) is 12.8 Å². The third kappa shape index (κ3) is 6.72. The zero-order valence-electron chi connectivity index (χ0n) is 16.3. The highest BCUT2D eigenvalue weighted by Crippen LogP contribution is 2.21. The van der Waals surface area contributed by atoms with Crippen LogP contribution < -0.4 is 10.6 Å². The van der Waals surface area contributed by atoms with Crippen molar-refractivity contribution in [2.45, 2.75) is 46.5 Å². The first-order chi connectivity index (χ1) is 12.7. The SMILES string of the molecule is Cc1ccc(NC(=O)C[C@H](C)CC(=O)Nc2ccc(C(C)C)cc2)cc1Cl. The van der Waals surface area contributed by atoms with Crippen molar-refractivity contribution in [3.05, 3.63) is 58.6 Å². The Hall–Kier alpha value is -2.33. The molecule has 2 aromatic rings. The molecule has 0 radical (unpaired) electrons. The molecule has 144 valence electrons. The van der Waals surface area contributed by atoms with E-state index in [2.05, 4.69) is 24.5 Å². The second kappa shape index (κ2) is 9.56. The summed E-state index contributed by atoms with van der Waals surface area (Å²) in [7, 11) is 0. The fourth-order valence-electron chi connectivity index (χ4n) is 2.75. The van der Waals surface area contributed by atoms with E-state index in [1.807, 2.05) is 50.2 Å². The van der Waals surface area contributed by atoms with Gasteiger partial charge >= 0.3 is 0 Å². The summed E-state index contributed by atoms with van der Waals surface area (Å²) in [6, 6.07) is 13.3. The molecular formula is C22H27ClN2O2. The standard InChI is InChI=1S/C22H27ClN2O2/c1-14(2)17-6-9-18(10-7-17)24-21(26)11-15(3)12-22(27)25-19-8-5-16(4)20(23)13-19/h5-10,13-15H,11-12H2,1-4H3,(H,24,26)(H,25,27)/t15-/m1/s1. The molecule has 4 nitrogen and oxygen atoms in total. The second-order valence-electron chi connectivity index (χ2n) is 7.35. The molecule has 0 aliphatic carbocycles. The first kappa shape index (κ1) is 21.0. The van der Waals surface area contributed by atoms with Gasteiger partial charge in [0.15, 0.2) is 0 Å². The zero-order valence-corrected chi connectivity index (χ0v) is 17.1. The summed E-state index contributed by atoms with van der Waals surface area (Å²) in [5.74, 6) is 0.167. The van der Waals surface area contributed by atoms with Gasteiger partial charge in [-0.1, -0.05) is 50.6 Å². The smallest absolute Gasteiger partial charge is 0.224 e. The van der Waals surface area contributed by atoms with Crippen LogP contribution in [-0.4, -0.2) is 11.8 Å². The van der Waals surface area contributed by atoms with Gasteiger partial charge in [0.2, 0.25) is 11.8 Å². The van der Waals surface area contributed by atoms with Crippen molar-refractivity contribution in [3.8, 4) is 0 Å². The van der Waals surface area contributed by atoms with Gasteiger partial charge in [-0.2, -0.15) is 0 Å². The first-order valence-electron chi connectivity index (χ1n) is 9.20. The Balaban J connectivity index is 1.81. The van der Waals surface area contributed by atoms with E-state index in [1.54, 1.807) is 6.07 Å². The maximum absolute atomic E-state index is 12.2. The summed E-state index contributed by atoms with van der Waals surface area (Å²) in [6.45, 7) is 8.06. The summed E-state index contributed by atoms with van der Waals surface area (Å²) < 4.78 is 0. The highest BCUT2D eigenvalue weighted by molar-refractivity contribution is 6.31. The van der Waals surface area contributed by atoms with Crippen LogP contribution in [0.3, 0.4) is 0 Å². The number of nitrogens with one attached hydrogen (secondary N) is 2. The van der Waals surface area contributed by atoms with Crippen molar-refractivity contribution in [2.24, 2.45) is 5.92 Å². The maximum atomic E-state index is 12.2. The summed E-state index contributed by atoms with van der Waals surface area (Å²) in [6.07, 6.45) is 0.555. The molecule has 0 fully saturated rings. The molecule has 0 bridgehead atoms. The number of carbonyl (C=O) groups is 2. The molecule has 1 atom stereocenters. The number of halogens is 1. The molecular weight excluding hydrogens is 360 g/mol. The minimum absolute atomic E-state index is 0.0687. The molecule has 0 aromatic heterocycles. The van der Waals surface area contributed by atoms with Gasteiger partial charge in [-0.05, 0) is 54.2 Å². The van der Waals surface area contributed by atoms with E-state index < -0.39 is 0 Å². The van der Waals surface area contributed by atoms with Gasteiger partial charge in [-0.15, -0.1) is 0 Å². The summed E-state index contributed by atoms with van der Waals surface area (Å²) in [5.41, 5.74) is 3.63. The van der Waals surface area contributed by atoms with Crippen LogP contribution in [-0.2, 0) is 9.59 Å². The van der Waals surface area contributed by atoms with E-state index in [9.17, 15) is 9.59 Å². The lowest BCUT2D eigenvalue weighted by atomic mass is 10.0. The molecule has 27 heavy (non-hydrogen) atoms. The van der Waals surface area contributed by atoms with Gasteiger partial charge in [0.1, 0.15) is 0 Å². The highest BCUT2D eigenvalue weighted by atomic mass is 35.5. The molecule has 0 heterocycles. The quantitative estimate of drug-likeness (QED) is 0.635. The molecule has 0 unspecified atom stereocenters. The predicted molar refractivity (Wildman–Crippen MR) is 112 cm³/mol. The third-order valence-electron chi connectivity index (χ3n) is 4.38. The van der Waals surface area contributed by atoms with Crippen molar-refractivity contribution in [1.82, 2.24) is 0 Å². The van der Waals surface area contributed by atoms with Crippen LogP contribution in [0.5, 0.6) is 0 Å². The van der Waals surface area contributed by atoms with Crippen LogP contribution >= 0.6 is 11.6 Å². The number of benzene rings is 2. The fraction of sp³-hybridized carbons (Fsp3) is 0.364. The monoisotopic (exact) mass is 386 g/mol. The summed E-state index contributed by atoms with van der Waals surface area (Å²) in [4.78, 5) is 24.4.